The van der Waals surface area contributed by atoms with Gasteiger partial charge in [0.25, 0.3) is 11.8 Å². The first-order valence-electron chi connectivity index (χ1n) is 5.27. The molecule has 1 atom stereocenters. The monoisotopic (exact) mass is 235 g/mol. The molecule has 2 amide bonds. The summed E-state index contributed by atoms with van der Waals surface area (Å²) >= 11 is 0. The van der Waals surface area contributed by atoms with Crippen LogP contribution in [0.3, 0.4) is 0 Å². The lowest BCUT2D eigenvalue weighted by Crippen LogP contribution is -2.38. The number of hydrogen-bond acceptors (Lipinski definition) is 4. The number of hydrogen-bond donors (Lipinski definition) is 1. The van der Waals surface area contributed by atoms with E-state index >= 15 is 0 Å². The quantitative estimate of drug-likeness (QED) is 0.762. The van der Waals surface area contributed by atoms with Crippen LogP contribution < -0.4 is 0 Å². The van der Waals surface area contributed by atoms with Crippen molar-refractivity contribution < 1.29 is 19.4 Å². The summed E-state index contributed by atoms with van der Waals surface area (Å²) in [4.78, 5) is 24.9. The predicted molar refractivity (Wildman–Crippen MR) is 59.7 cm³/mol. The van der Waals surface area contributed by atoms with Crippen molar-refractivity contribution in [1.29, 1.82) is 0 Å². The summed E-state index contributed by atoms with van der Waals surface area (Å²) in [6.45, 7) is 0.0492. The molecule has 2 rings (SSSR count). The van der Waals surface area contributed by atoms with Crippen LogP contribution >= 0.6 is 0 Å². The van der Waals surface area contributed by atoms with E-state index in [0.29, 0.717) is 11.1 Å². The Hall–Kier alpha value is -1.72. The molecular weight excluding hydrogens is 222 g/mol. The molecule has 0 saturated carbocycles. The van der Waals surface area contributed by atoms with E-state index in [9.17, 15) is 14.7 Å². The number of imide groups is 1. The molecule has 0 saturated heterocycles. The van der Waals surface area contributed by atoms with E-state index in [4.69, 9.17) is 4.74 Å². The van der Waals surface area contributed by atoms with Crippen LogP contribution in [-0.2, 0) is 4.74 Å². The van der Waals surface area contributed by atoms with Crippen LogP contribution in [-0.4, -0.2) is 48.2 Å². The number of benzene rings is 1. The smallest absolute Gasteiger partial charge is 0.261 e. The fourth-order valence-electron chi connectivity index (χ4n) is 1.86. The molecule has 1 heterocycles. The fourth-order valence-corrected chi connectivity index (χ4v) is 1.86. The highest BCUT2D eigenvalue weighted by molar-refractivity contribution is 6.21. The molecule has 0 radical (unpaired) electrons. The van der Waals surface area contributed by atoms with E-state index < -0.39 is 6.10 Å². The van der Waals surface area contributed by atoms with Crippen molar-refractivity contribution in [3.63, 3.8) is 0 Å². The van der Waals surface area contributed by atoms with Gasteiger partial charge in [0.15, 0.2) is 0 Å². The van der Waals surface area contributed by atoms with E-state index in [1.807, 2.05) is 0 Å². The van der Waals surface area contributed by atoms with Gasteiger partial charge in [-0.3, -0.25) is 14.5 Å². The Kier molecular flexibility index (Phi) is 3.21. The molecule has 1 unspecified atom stereocenters. The van der Waals surface area contributed by atoms with Crippen molar-refractivity contribution in [1.82, 2.24) is 4.90 Å². The molecule has 0 spiro atoms. The van der Waals surface area contributed by atoms with Crippen LogP contribution in [0.5, 0.6) is 0 Å². The minimum absolute atomic E-state index is 0.0415. The van der Waals surface area contributed by atoms with Gasteiger partial charge in [-0.05, 0) is 12.1 Å². The molecule has 1 N–H and O–H groups in total. The maximum absolute atomic E-state index is 11.9. The largest absolute Gasteiger partial charge is 0.389 e. The number of rotatable bonds is 4. The Morgan fingerprint density at radius 2 is 1.76 bits per heavy atom. The van der Waals surface area contributed by atoms with Gasteiger partial charge in [-0.25, -0.2) is 0 Å². The van der Waals surface area contributed by atoms with E-state index in [0.717, 1.165) is 4.90 Å². The molecule has 1 aliphatic heterocycles. The summed E-state index contributed by atoms with van der Waals surface area (Å²) in [5.41, 5.74) is 0.782. The van der Waals surface area contributed by atoms with Crippen LogP contribution in [0.25, 0.3) is 0 Å². The van der Waals surface area contributed by atoms with Crippen molar-refractivity contribution in [3.8, 4) is 0 Å². The number of nitrogens with zero attached hydrogens (tertiary/aromatic N) is 1. The normalized spacial score (nSPS) is 16.2. The average molecular weight is 235 g/mol. The van der Waals surface area contributed by atoms with Gasteiger partial charge in [-0.2, -0.15) is 0 Å². The number of methoxy groups -OCH3 is 1. The summed E-state index contributed by atoms with van der Waals surface area (Å²) in [6.07, 6.45) is -0.859. The van der Waals surface area contributed by atoms with Crippen molar-refractivity contribution in [2.24, 2.45) is 0 Å². The van der Waals surface area contributed by atoms with Crippen LogP contribution in [0.2, 0.25) is 0 Å². The number of aliphatic hydroxyl groups excluding tert-OH is 1. The highest BCUT2D eigenvalue weighted by Crippen LogP contribution is 2.22. The predicted octanol–water partition coefficient (Wildman–Crippen LogP) is 0.290. The van der Waals surface area contributed by atoms with Crippen LogP contribution in [0, 0.1) is 0 Å². The average Bonchev–Trinajstić information content (AvgIpc) is 2.56. The molecule has 1 aromatic carbocycles. The molecule has 0 aliphatic carbocycles. The molecule has 1 aliphatic rings. The minimum Gasteiger partial charge on any atom is -0.389 e. The number of β-amino-alcohol motifs (C(OH)–C–C–N with tert-alkyl or cyclic N) is 1. The van der Waals surface area contributed by atoms with Gasteiger partial charge in [-0.1, -0.05) is 12.1 Å². The van der Waals surface area contributed by atoms with Crippen LogP contribution in [0.15, 0.2) is 24.3 Å². The van der Waals surface area contributed by atoms with E-state index in [1.165, 1.54) is 7.11 Å². The first kappa shape index (κ1) is 11.8. The van der Waals surface area contributed by atoms with Crippen LogP contribution in [0.1, 0.15) is 20.7 Å². The number of amides is 2. The highest BCUT2D eigenvalue weighted by Gasteiger charge is 2.35. The fraction of sp³-hybridized carbons (Fsp3) is 0.333. The first-order chi connectivity index (χ1) is 8.15. The first-order valence-corrected chi connectivity index (χ1v) is 5.27. The molecular formula is C12H13NO4. The van der Waals surface area contributed by atoms with Gasteiger partial charge in [-0.15, -0.1) is 0 Å². The zero-order chi connectivity index (χ0) is 12.4. The zero-order valence-electron chi connectivity index (χ0n) is 9.42. The third-order valence-corrected chi connectivity index (χ3v) is 2.63. The molecule has 0 aromatic heterocycles. The van der Waals surface area contributed by atoms with E-state index in [1.54, 1.807) is 24.3 Å². The molecule has 0 fully saturated rings. The third-order valence-electron chi connectivity index (χ3n) is 2.63. The highest BCUT2D eigenvalue weighted by atomic mass is 16.5. The number of carbonyl (C=O) groups is 2. The van der Waals surface area contributed by atoms with Crippen molar-refractivity contribution in [2.75, 3.05) is 20.3 Å². The number of aliphatic hydroxyl groups is 1. The minimum atomic E-state index is -0.859. The van der Waals surface area contributed by atoms with Gasteiger partial charge in [0, 0.05) is 7.11 Å². The number of fused-ring (bicyclic) bond motifs is 1. The van der Waals surface area contributed by atoms with Gasteiger partial charge in [0.1, 0.15) is 0 Å². The summed E-state index contributed by atoms with van der Waals surface area (Å²) in [6, 6.07) is 6.63. The molecule has 90 valence electrons. The second-order valence-corrected chi connectivity index (χ2v) is 3.88. The standard InChI is InChI=1S/C12H13NO4/c1-17-7-8(14)6-13-11(15)9-4-2-3-5-10(9)12(13)16/h2-5,8,14H,6-7H2,1H3. The molecule has 1 aromatic rings. The summed E-state index contributed by atoms with van der Waals surface area (Å²) in [7, 11) is 1.45. The molecule has 17 heavy (non-hydrogen) atoms. The van der Waals surface area contributed by atoms with E-state index in [2.05, 4.69) is 0 Å². The Balaban J connectivity index is 2.19. The SMILES string of the molecule is COCC(O)CN1C(=O)c2ccccc2C1=O. The van der Waals surface area contributed by atoms with Gasteiger partial charge >= 0.3 is 0 Å². The Morgan fingerprint density at radius 1 is 1.24 bits per heavy atom. The molecule has 0 bridgehead atoms. The summed E-state index contributed by atoms with van der Waals surface area (Å²) < 4.78 is 4.76. The second kappa shape index (κ2) is 4.65. The van der Waals surface area contributed by atoms with Gasteiger partial charge in [0.05, 0.1) is 30.4 Å². The Morgan fingerprint density at radius 3 is 2.24 bits per heavy atom. The third kappa shape index (κ3) is 2.07. The maximum Gasteiger partial charge on any atom is 0.261 e. The molecule has 5 heteroatoms. The lowest BCUT2D eigenvalue weighted by Gasteiger charge is -2.17. The molecule has 5 nitrogen and oxygen atoms in total. The zero-order valence-corrected chi connectivity index (χ0v) is 9.42. The lowest BCUT2D eigenvalue weighted by molar-refractivity contribution is 0.0323. The topological polar surface area (TPSA) is 66.8 Å². The Labute approximate surface area is 98.6 Å². The number of carbonyl (C=O) groups excluding carboxylic acids is 2. The summed E-state index contributed by atoms with van der Waals surface area (Å²) in [5, 5.41) is 9.55. The summed E-state index contributed by atoms with van der Waals surface area (Å²) in [5.74, 6) is -0.721. The van der Waals surface area contributed by atoms with Crippen molar-refractivity contribution in [2.45, 2.75) is 6.10 Å². The van der Waals surface area contributed by atoms with Gasteiger partial charge < -0.3 is 9.84 Å². The lowest BCUT2D eigenvalue weighted by atomic mass is 10.1. The Bertz CT molecular complexity index is 423. The maximum atomic E-state index is 11.9. The van der Waals surface area contributed by atoms with E-state index in [-0.39, 0.29) is 25.0 Å². The van der Waals surface area contributed by atoms with Gasteiger partial charge in [0.2, 0.25) is 0 Å². The van der Waals surface area contributed by atoms with Crippen LogP contribution in [0.4, 0.5) is 0 Å². The second-order valence-electron chi connectivity index (χ2n) is 3.88. The number of ether oxygens (including phenoxy) is 1. The van der Waals surface area contributed by atoms with Crippen molar-refractivity contribution >= 4 is 11.8 Å². The van der Waals surface area contributed by atoms with Crippen molar-refractivity contribution in [3.05, 3.63) is 35.4 Å².